The number of hydrogen-bond acceptors (Lipinski definition) is 0. The van der Waals surface area contributed by atoms with Gasteiger partial charge >= 0.3 is 0 Å². The first-order valence-electron chi connectivity index (χ1n) is 1.70. The molecule has 0 aromatic rings. The summed E-state index contributed by atoms with van der Waals surface area (Å²) in [4.78, 5) is 0. The van der Waals surface area contributed by atoms with Gasteiger partial charge in [0.15, 0.2) is 0 Å². The van der Waals surface area contributed by atoms with Gasteiger partial charge in [-0.1, -0.05) is 0 Å². The average molecular weight is 148 g/mol. The van der Waals surface area contributed by atoms with Crippen molar-refractivity contribution in [1.29, 1.82) is 0 Å². The molecule has 0 saturated heterocycles. The molecule has 7 heavy (non-hydrogen) atoms. The van der Waals surface area contributed by atoms with Crippen LogP contribution in [0, 0.1) is 6.92 Å². The SMILES string of the molecule is [Al].[CH2-]C=C(C)C.[Cr]. The molecule has 0 aromatic carbocycles. The van der Waals surface area contributed by atoms with Gasteiger partial charge in [-0.2, -0.15) is 0 Å². The third-order valence-corrected chi connectivity index (χ3v) is 0.408. The quantitative estimate of drug-likeness (QED) is 0.360. The maximum atomic E-state index is 3.52. The Bertz CT molecular complexity index is 46.0. The van der Waals surface area contributed by atoms with Crippen LogP contribution in [0.15, 0.2) is 11.6 Å². The molecule has 0 atom stereocenters. The van der Waals surface area contributed by atoms with Crippen molar-refractivity contribution in [2.24, 2.45) is 0 Å². The summed E-state index contributed by atoms with van der Waals surface area (Å²) in [6.45, 7) is 7.56. The second-order valence-electron chi connectivity index (χ2n) is 1.28. The molecule has 39 valence electrons. The van der Waals surface area contributed by atoms with Crippen molar-refractivity contribution in [3.05, 3.63) is 18.6 Å². The van der Waals surface area contributed by atoms with E-state index in [0.717, 1.165) is 0 Å². The van der Waals surface area contributed by atoms with Crippen molar-refractivity contribution in [1.82, 2.24) is 0 Å². The van der Waals surface area contributed by atoms with Crippen LogP contribution in [0.4, 0.5) is 0 Å². The molecule has 0 aliphatic carbocycles. The van der Waals surface area contributed by atoms with Gasteiger partial charge in [0.1, 0.15) is 0 Å². The molecular formula is C5H9AlCr-. The van der Waals surface area contributed by atoms with E-state index in [9.17, 15) is 0 Å². The van der Waals surface area contributed by atoms with Crippen molar-refractivity contribution < 1.29 is 17.4 Å². The van der Waals surface area contributed by atoms with E-state index >= 15 is 0 Å². The molecule has 0 aliphatic rings. The molecule has 0 heterocycles. The van der Waals surface area contributed by atoms with Gasteiger partial charge in [0, 0.05) is 34.7 Å². The minimum absolute atomic E-state index is 0. The number of rotatable bonds is 0. The third kappa shape index (κ3) is 20.4. The number of hydrogen-bond donors (Lipinski definition) is 0. The van der Waals surface area contributed by atoms with Crippen molar-refractivity contribution in [2.75, 3.05) is 0 Å². The molecule has 0 aliphatic heterocycles. The summed E-state index contributed by atoms with van der Waals surface area (Å²) >= 11 is 0. The molecule has 0 unspecified atom stereocenters. The zero-order valence-corrected chi connectivity index (χ0v) is 7.20. The van der Waals surface area contributed by atoms with Crippen LogP contribution in [0.5, 0.6) is 0 Å². The van der Waals surface area contributed by atoms with Crippen LogP contribution in [0.2, 0.25) is 0 Å². The van der Waals surface area contributed by atoms with Crippen LogP contribution in [0.25, 0.3) is 0 Å². The van der Waals surface area contributed by atoms with Gasteiger partial charge in [-0.25, -0.2) is 18.6 Å². The van der Waals surface area contributed by atoms with Crippen LogP contribution in [-0.2, 0) is 17.4 Å². The molecule has 0 amide bonds. The fraction of sp³-hybridized carbons (Fsp3) is 0.400. The second-order valence-corrected chi connectivity index (χ2v) is 1.28. The molecule has 0 spiro atoms. The summed E-state index contributed by atoms with van der Waals surface area (Å²) in [5, 5.41) is 0. The Morgan fingerprint density at radius 1 is 1.43 bits per heavy atom. The van der Waals surface area contributed by atoms with Crippen LogP contribution < -0.4 is 0 Å². The zero-order chi connectivity index (χ0) is 4.28. The molecule has 0 N–H and O–H groups in total. The first-order chi connectivity index (χ1) is 2.27. The Morgan fingerprint density at radius 3 is 1.57 bits per heavy atom. The minimum Gasteiger partial charge on any atom is -0.245 e. The Labute approximate surface area is 67.3 Å². The zero-order valence-electron chi connectivity index (χ0n) is 4.77. The summed E-state index contributed by atoms with van der Waals surface area (Å²) in [5.41, 5.74) is 1.27. The Morgan fingerprint density at radius 2 is 1.57 bits per heavy atom. The standard InChI is InChI=1S/C5H9.Al.Cr/c1-4-5(2)3;;/h4H,1H2,2-3H3;;/q-1;;. The summed E-state index contributed by atoms with van der Waals surface area (Å²) < 4.78 is 0. The average Bonchev–Trinajstić information content (AvgIpc) is 1.38. The van der Waals surface area contributed by atoms with Gasteiger partial charge in [-0.3, -0.25) is 0 Å². The fourth-order valence-corrected chi connectivity index (χ4v) is 0. The van der Waals surface area contributed by atoms with E-state index in [0.29, 0.717) is 0 Å². The molecule has 2 heteroatoms. The topological polar surface area (TPSA) is 0 Å². The van der Waals surface area contributed by atoms with Gasteiger partial charge in [-0.15, -0.1) is 13.8 Å². The van der Waals surface area contributed by atoms with E-state index in [2.05, 4.69) is 6.92 Å². The summed E-state index contributed by atoms with van der Waals surface area (Å²) in [7, 11) is 0. The normalized spacial score (nSPS) is 4.86. The van der Waals surface area contributed by atoms with E-state index in [-0.39, 0.29) is 34.7 Å². The Hall–Kier alpha value is 0.675. The monoisotopic (exact) mass is 148 g/mol. The van der Waals surface area contributed by atoms with Crippen LogP contribution >= 0.6 is 0 Å². The van der Waals surface area contributed by atoms with Gasteiger partial charge in [0.25, 0.3) is 0 Å². The van der Waals surface area contributed by atoms with E-state index in [4.69, 9.17) is 0 Å². The molecule has 0 rings (SSSR count). The Kier molecular flexibility index (Phi) is 22.0. The summed E-state index contributed by atoms with van der Waals surface area (Å²) in [6, 6.07) is 0. The predicted molar refractivity (Wildman–Crippen MR) is 30.5 cm³/mol. The maximum Gasteiger partial charge on any atom is 0 e. The van der Waals surface area contributed by atoms with E-state index in [1.807, 2.05) is 19.9 Å². The smallest absolute Gasteiger partial charge is 0 e. The number of allylic oxidation sites excluding steroid dienone is 2. The van der Waals surface area contributed by atoms with Crippen molar-refractivity contribution in [3.63, 3.8) is 0 Å². The molecule has 0 fully saturated rings. The van der Waals surface area contributed by atoms with Crippen molar-refractivity contribution >= 4 is 17.4 Å². The van der Waals surface area contributed by atoms with Gasteiger partial charge in [0.05, 0.1) is 0 Å². The second kappa shape index (κ2) is 9.84. The van der Waals surface area contributed by atoms with E-state index in [1.54, 1.807) is 0 Å². The van der Waals surface area contributed by atoms with Gasteiger partial charge in [0.2, 0.25) is 0 Å². The predicted octanol–water partition coefficient (Wildman–Crippen LogP) is 1.40. The fourth-order valence-electron chi connectivity index (χ4n) is 0. The summed E-state index contributed by atoms with van der Waals surface area (Å²) in [6.07, 6.45) is 1.83. The van der Waals surface area contributed by atoms with Crippen LogP contribution in [0.3, 0.4) is 0 Å². The van der Waals surface area contributed by atoms with Crippen LogP contribution in [-0.4, -0.2) is 17.4 Å². The minimum atomic E-state index is 0. The molecule has 0 bridgehead atoms. The van der Waals surface area contributed by atoms with E-state index in [1.165, 1.54) is 5.57 Å². The maximum absolute atomic E-state index is 3.52. The van der Waals surface area contributed by atoms with Crippen molar-refractivity contribution in [3.8, 4) is 0 Å². The molecule has 0 aromatic heterocycles. The third-order valence-electron chi connectivity index (χ3n) is 0.408. The molecule has 3 radical (unpaired) electrons. The summed E-state index contributed by atoms with van der Waals surface area (Å²) in [5.74, 6) is 0. The molecule has 0 nitrogen and oxygen atoms in total. The Balaban J connectivity index is -0.0000000800. The first-order valence-corrected chi connectivity index (χ1v) is 1.70. The van der Waals surface area contributed by atoms with E-state index < -0.39 is 0 Å². The largest absolute Gasteiger partial charge is 0.245 e. The molecule has 0 saturated carbocycles. The first kappa shape index (κ1) is 15.6. The molecular weight excluding hydrogens is 139 g/mol. The van der Waals surface area contributed by atoms with Gasteiger partial charge < -0.3 is 0 Å². The van der Waals surface area contributed by atoms with Crippen molar-refractivity contribution in [2.45, 2.75) is 13.8 Å². The van der Waals surface area contributed by atoms with Crippen LogP contribution in [0.1, 0.15) is 13.8 Å². The van der Waals surface area contributed by atoms with Gasteiger partial charge in [-0.05, 0) is 0 Å².